The number of hydrogen-bond donors (Lipinski definition) is 8. The third-order valence-corrected chi connectivity index (χ3v) is 7.81. The maximum absolute atomic E-state index is 12.9. The summed E-state index contributed by atoms with van der Waals surface area (Å²) in [6, 6.07) is 6.86. The maximum Gasteiger partial charge on any atom is 0.229 e. The number of rotatable bonds is 10. The lowest BCUT2D eigenvalue weighted by Gasteiger charge is -2.42. The van der Waals surface area contributed by atoms with Crippen molar-refractivity contribution >= 4 is 11.9 Å². The highest BCUT2D eigenvalue weighted by Gasteiger charge is 2.47. The predicted octanol–water partition coefficient (Wildman–Crippen LogP) is -0.295. The normalized spacial score (nSPS) is 32.4. The minimum absolute atomic E-state index is 0.0841. The van der Waals surface area contributed by atoms with Gasteiger partial charge in [0.2, 0.25) is 6.29 Å². The van der Waals surface area contributed by atoms with Gasteiger partial charge >= 0.3 is 0 Å². The first kappa shape index (κ1) is 33.4. The molecule has 8 N–H and O–H groups in total. The lowest BCUT2D eigenvalue weighted by atomic mass is 9.82. The van der Waals surface area contributed by atoms with Gasteiger partial charge in [-0.05, 0) is 36.1 Å². The summed E-state index contributed by atoms with van der Waals surface area (Å²) in [5.41, 5.74) is 0.285. The molecule has 10 atom stereocenters. The van der Waals surface area contributed by atoms with E-state index < -0.39 is 66.7 Å². The Kier molecular flexibility index (Phi) is 10.7. The molecule has 2 aromatic rings. The zero-order valence-corrected chi connectivity index (χ0v) is 24.3. The second kappa shape index (κ2) is 14.1. The van der Waals surface area contributed by atoms with E-state index in [1.807, 2.05) is 0 Å². The molecule has 0 radical (unpaired) electrons. The number of ether oxygens (including phenoxy) is 5. The van der Waals surface area contributed by atoms with Gasteiger partial charge < -0.3 is 64.5 Å². The molecule has 1 aliphatic carbocycles. The molecule has 1 saturated heterocycles. The Bertz CT molecular complexity index is 1330. The van der Waals surface area contributed by atoms with E-state index in [0.29, 0.717) is 5.56 Å². The van der Waals surface area contributed by atoms with Gasteiger partial charge in [0.15, 0.2) is 17.3 Å². The fourth-order valence-electron chi connectivity index (χ4n) is 5.19. The number of hydrogen-bond acceptors (Lipinski definition) is 14. The second-order valence-corrected chi connectivity index (χ2v) is 10.8. The first-order chi connectivity index (χ1) is 20.9. The number of carbonyl (C=O) groups excluding carboxylic acids is 1. The highest BCUT2D eigenvalue weighted by molar-refractivity contribution is 6.10. The van der Waals surface area contributed by atoms with Crippen LogP contribution in [-0.4, -0.2) is 123 Å². The number of methoxy groups -OCH3 is 2. The second-order valence-electron chi connectivity index (χ2n) is 10.8. The van der Waals surface area contributed by atoms with Gasteiger partial charge in [-0.3, -0.25) is 4.79 Å². The van der Waals surface area contributed by atoms with Gasteiger partial charge in [-0.25, -0.2) is 0 Å². The van der Waals surface area contributed by atoms with Crippen LogP contribution in [0.1, 0.15) is 29.3 Å². The molecule has 0 aromatic heterocycles. The molecular weight excluding hydrogens is 584 g/mol. The van der Waals surface area contributed by atoms with E-state index in [0.717, 1.165) is 6.07 Å². The van der Waals surface area contributed by atoms with Crippen molar-refractivity contribution in [2.45, 2.75) is 68.5 Å². The van der Waals surface area contributed by atoms with Gasteiger partial charge in [-0.2, -0.15) is 0 Å². The topological polar surface area (TPSA) is 225 Å². The van der Waals surface area contributed by atoms with Gasteiger partial charge in [-0.1, -0.05) is 19.1 Å². The Morgan fingerprint density at radius 2 is 1.55 bits per heavy atom. The van der Waals surface area contributed by atoms with Gasteiger partial charge in [-0.15, -0.1) is 0 Å². The van der Waals surface area contributed by atoms with Gasteiger partial charge in [0, 0.05) is 12.1 Å². The van der Waals surface area contributed by atoms with Crippen LogP contribution in [0.3, 0.4) is 0 Å². The summed E-state index contributed by atoms with van der Waals surface area (Å²) in [6.45, 7) is 1.31. The number of aliphatic hydroxyl groups is 6. The third kappa shape index (κ3) is 7.08. The third-order valence-electron chi connectivity index (χ3n) is 7.81. The van der Waals surface area contributed by atoms with Crippen molar-refractivity contribution in [1.29, 1.82) is 0 Å². The Morgan fingerprint density at radius 3 is 2.20 bits per heavy atom. The SMILES string of the molecule is COc1ccc(/C=C/C(=O)c2c(O)cc(O[C@@H]3OC(CO[C@@H]4CC(C)[C@H](O)[C@H](O)C4O)[C@@H](O)[C@@H](O)C3O)cc2OC)cc1O. The van der Waals surface area contributed by atoms with Crippen molar-refractivity contribution < 1.29 is 69.3 Å². The highest BCUT2D eigenvalue weighted by Crippen LogP contribution is 2.36. The van der Waals surface area contributed by atoms with Crippen molar-refractivity contribution in [3.8, 4) is 28.7 Å². The van der Waals surface area contributed by atoms with Gasteiger partial charge in [0.05, 0.1) is 33.0 Å². The molecule has 2 aromatic carbocycles. The standard InChI is InChI=1S/C30H38O14/c1-13-8-21(25(35)27(37)24(13)34)42-12-22-26(36)28(38)29(39)30(44-22)43-15-10-18(33)23(20(11-15)41-3)16(31)6-4-14-5-7-19(40-2)17(32)9-14/h4-7,9-11,13,21-22,24-30,32-39H,8,12H2,1-3H3/b6-4+/t13?,21-,22?,24+,25?,26-,27+,28-,29?,30-/m1/s1. The first-order valence-corrected chi connectivity index (χ1v) is 13.9. The molecule has 1 saturated carbocycles. The largest absolute Gasteiger partial charge is 0.507 e. The Hall–Kier alpha value is -3.47. The van der Waals surface area contributed by atoms with Crippen LogP contribution in [0.4, 0.5) is 0 Å². The van der Waals surface area contributed by atoms with Crippen LogP contribution in [0, 0.1) is 5.92 Å². The molecule has 14 nitrogen and oxygen atoms in total. The minimum atomic E-state index is -1.74. The predicted molar refractivity (Wildman–Crippen MR) is 152 cm³/mol. The van der Waals surface area contributed by atoms with Gasteiger partial charge in [0.25, 0.3) is 0 Å². The minimum Gasteiger partial charge on any atom is -0.507 e. The van der Waals surface area contributed by atoms with E-state index in [-0.39, 0.29) is 47.5 Å². The van der Waals surface area contributed by atoms with E-state index in [4.69, 9.17) is 23.7 Å². The van der Waals surface area contributed by atoms with Crippen LogP contribution in [0.5, 0.6) is 28.7 Å². The van der Waals surface area contributed by atoms with Crippen LogP contribution in [0.25, 0.3) is 6.08 Å². The summed E-state index contributed by atoms with van der Waals surface area (Å²) in [5, 5.41) is 82.4. The fraction of sp³-hybridized carbons (Fsp3) is 0.500. The molecule has 2 fully saturated rings. The van der Waals surface area contributed by atoms with E-state index in [2.05, 4.69) is 0 Å². The van der Waals surface area contributed by atoms with Crippen molar-refractivity contribution in [3.63, 3.8) is 0 Å². The number of allylic oxidation sites excluding steroid dienone is 1. The summed E-state index contributed by atoms with van der Waals surface area (Å²) in [6.07, 6.45) is -9.99. The van der Waals surface area contributed by atoms with Crippen molar-refractivity contribution in [1.82, 2.24) is 0 Å². The molecular formula is C30H38O14. The van der Waals surface area contributed by atoms with Gasteiger partial charge in [0.1, 0.15) is 59.4 Å². The Morgan fingerprint density at radius 1 is 0.864 bits per heavy atom. The van der Waals surface area contributed by atoms with E-state index in [9.17, 15) is 45.6 Å². The zero-order valence-electron chi connectivity index (χ0n) is 24.3. The molecule has 1 heterocycles. The Balaban J connectivity index is 1.46. The molecule has 0 amide bonds. The average molecular weight is 623 g/mol. The number of phenolic OH excluding ortho intramolecular Hbond substituents is 2. The molecule has 44 heavy (non-hydrogen) atoms. The van der Waals surface area contributed by atoms with E-state index in [1.54, 1.807) is 13.0 Å². The van der Waals surface area contributed by atoms with E-state index in [1.165, 1.54) is 44.6 Å². The number of phenols is 2. The average Bonchev–Trinajstić information content (AvgIpc) is 3.00. The Labute approximate surface area is 252 Å². The molecule has 14 heteroatoms. The number of aromatic hydroxyl groups is 2. The molecule has 4 unspecified atom stereocenters. The maximum atomic E-state index is 12.9. The van der Waals surface area contributed by atoms with E-state index >= 15 is 0 Å². The number of ketones is 1. The molecule has 4 rings (SSSR count). The zero-order chi connectivity index (χ0) is 32.3. The van der Waals surface area contributed by atoms with Crippen LogP contribution in [0.15, 0.2) is 36.4 Å². The highest BCUT2D eigenvalue weighted by atomic mass is 16.7. The molecule has 0 bridgehead atoms. The number of carbonyl (C=O) groups is 1. The van der Waals surface area contributed by atoms with Crippen LogP contribution in [-0.2, 0) is 9.47 Å². The smallest absolute Gasteiger partial charge is 0.229 e. The van der Waals surface area contributed by atoms with Crippen LogP contribution in [0.2, 0.25) is 0 Å². The first-order valence-electron chi connectivity index (χ1n) is 13.9. The lowest BCUT2D eigenvalue weighted by molar-refractivity contribution is -0.285. The number of aliphatic hydroxyl groups excluding tert-OH is 6. The molecule has 2 aliphatic rings. The summed E-state index contributed by atoms with van der Waals surface area (Å²) in [7, 11) is 2.66. The molecule has 1 aliphatic heterocycles. The van der Waals surface area contributed by atoms with Crippen LogP contribution < -0.4 is 14.2 Å². The summed E-state index contributed by atoms with van der Waals surface area (Å²) in [5.74, 6) is -1.61. The molecule has 0 spiro atoms. The number of benzene rings is 2. The monoisotopic (exact) mass is 622 g/mol. The summed E-state index contributed by atoms with van der Waals surface area (Å²) >= 11 is 0. The fourth-order valence-corrected chi connectivity index (χ4v) is 5.19. The lowest BCUT2D eigenvalue weighted by Crippen LogP contribution is -2.61. The van der Waals surface area contributed by atoms with Crippen LogP contribution >= 0.6 is 0 Å². The molecule has 242 valence electrons. The van der Waals surface area contributed by atoms with Crippen molar-refractivity contribution in [3.05, 3.63) is 47.5 Å². The summed E-state index contributed by atoms with van der Waals surface area (Å²) in [4.78, 5) is 12.9. The summed E-state index contributed by atoms with van der Waals surface area (Å²) < 4.78 is 27.3. The van der Waals surface area contributed by atoms with Crippen molar-refractivity contribution in [2.75, 3.05) is 20.8 Å². The quantitative estimate of drug-likeness (QED) is 0.126. The van der Waals surface area contributed by atoms with Crippen molar-refractivity contribution in [2.24, 2.45) is 5.92 Å².